The highest BCUT2D eigenvalue weighted by molar-refractivity contribution is 5.94. The zero-order valence-corrected chi connectivity index (χ0v) is 15.7. The fourth-order valence-corrected chi connectivity index (χ4v) is 3.83. The highest BCUT2D eigenvalue weighted by atomic mass is 16.1. The van der Waals surface area contributed by atoms with Crippen LogP contribution in [0.1, 0.15) is 47.2 Å². The minimum Gasteiger partial charge on any atom is -0.352 e. The summed E-state index contributed by atoms with van der Waals surface area (Å²) in [6.07, 6.45) is 5.62. The van der Waals surface area contributed by atoms with Gasteiger partial charge in [0.2, 0.25) is 0 Å². The topological polar surface area (TPSA) is 64.9 Å². The molecule has 0 aliphatic carbocycles. The number of hydrogen-bond acceptors (Lipinski definition) is 3. The normalized spacial score (nSPS) is 19.2. The molecule has 1 aliphatic rings. The van der Waals surface area contributed by atoms with Crippen LogP contribution >= 0.6 is 0 Å². The summed E-state index contributed by atoms with van der Waals surface area (Å²) in [7, 11) is 0. The van der Waals surface area contributed by atoms with Crippen molar-refractivity contribution >= 4 is 5.91 Å². The van der Waals surface area contributed by atoms with Crippen molar-refractivity contribution in [2.24, 2.45) is 5.92 Å². The molecule has 0 bridgehead atoms. The molecule has 0 aromatic heterocycles. The monoisotopic (exact) mass is 361 g/mol. The van der Waals surface area contributed by atoms with Gasteiger partial charge in [-0.05, 0) is 68.3 Å². The largest absolute Gasteiger partial charge is 0.352 e. The van der Waals surface area contributed by atoms with Crippen molar-refractivity contribution in [3.63, 3.8) is 0 Å². The van der Waals surface area contributed by atoms with E-state index in [1.807, 2.05) is 0 Å². The molecule has 140 valence electrons. The van der Waals surface area contributed by atoms with Gasteiger partial charge < -0.3 is 10.6 Å². The quantitative estimate of drug-likeness (QED) is 0.740. The van der Waals surface area contributed by atoms with Crippen molar-refractivity contribution in [1.29, 1.82) is 5.26 Å². The molecular formula is C23H27N3O. The summed E-state index contributed by atoms with van der Waals surface area (Å²) in [6, 6.07) is 20.2. The van der Waals surface area contributed by atoms with Crippen molar-refractivity contribution < 1.29 is 4.79 Å². The third-order valence-electron chi connectivity index (χ3n) is 5.24. The molecule has 0 spiro atoms. The molecule has 2 N–H and O–H groups in total. The second-order valence-electron chi connectivity index (χ2n) is 7.32. The lowest BCUT2D eigenvalue weighted by molar-refractivity contribution is 0.0952. The summed E-state index contributed by atoms with van der Waals surface area (Å²) in [5.41, 5.74) is 2.49. The zero-order chi connectivity index (χ0) is 18.9. The minimum atomic E-state index is -0.106. The highest BCUT2D eigenvalue weighted by Crippen LogP contribution is 2.23. The van der Waals surface area contributed by atoms with E-state index in [0.29, 0.717) is 23.7 Å². The number of hydrogen-bond donors (Lipinski definition) is 2. The fraction of sp³-hybridized carbons (Fsp3) is 0.391. The number of amides is 1. The second-order valence-corrected chi connectivity index (χ2v) is 7.32. The summed E-state index contributed by atoms with van der Waals surface area (Å²) in [4.78, 5) is 12.2. The van der Waals surface area contributed by atoms with Gasteiger partial charge in [0.15, 0.2) is 0 Å². The Labute approximate surface area is 161 Å². The Morgan fingerprint density at radius 3 is 2.85 bits per heavy atom. The molecule has 2 aromatic rings. The molecule has 2 unspecified atom stereocenters. The van der Waals surface area contributed by atoms with E-state index in [-0.39, 0.29) is 5.91 Å². The van der Waals surface area contributed by atoms with Crippen molar-refractivity contribution in [3.8, 4) is 6.07 Å². The van der Waals surface area contributed by atoms with Gasteiger partial charge in [-0.15, -0.1) is 0 Å². The molecule has 1 heterocycles. The van der Waals surface area contributed by atoms with Gasteiger partial charge in [0.25, 0.3) is 5.91 Å². The Morgan fingerprint density at radius 2 is 2.04 bits per heavy atom. The number of carbonyl (C=O) groups is 1. The first kappa shape index (κ1) is 19.1. The van der Waals surface area contributed by atoms with Crippen molar-refractivity contribution in [3.05, 3.63) is 71.3 Å². The van der Waals surface area contributed by atoms with Crippen LogP contribution in [0.5, 0.6) is 0 Å². The number of rotatable bonds is 7. The van der Waals surface area contributed by atoms with Gasteiger partial charge in [0.05, 0.1) is 11.6 Å². The van der Waals surface area contributed by atoms with E-state index in [1.165, 1.54) is 18.4 Å². The molecule has 0 radical (unpaired) electrons. The number of piperidine rings is 1. The maximum Gasteiger partial charge on any atom is 0.251 e. The number of nitriles is 1. The second kappa shape index (κ2) is 9.89. The first-order chi connectivity index (χ1) is 13.2. The third-order valence-corrected chi connectivity index (χ3v) is 5.24. The lowest BCUT2D eigenvalue weighted by atomic mass is 9.86. The van der Waals surface area contributed by atoms with Gasteiger partial charge in [-0.25, -0.2) is 0 Å². The third kappa shape index (κ3) is 5.94. The lowest BCUT2D eigenvalue weighted by Gasteiger charge is -2.30. The molecule has 2 atom stereocenters. The molecule has 4 nitrogen and oxygen atoms in total. The average Bonchev–Trinajstić information content (AvgIpc) is 2.72. The van der Waals surface area contributed by atoms with Crippen LogP contribution in [-0.2, 0) is 6.42 Å². The number of carbonyl (C=O) groups excluding carboxylic acids is 1. The highest BCUT2D eigenvalue weighted by Gasteiger charge is 2.21. The standard InChI is InChI=1S/C23H27N3O/c24-17-20-8-4-9-21(15-20)23(27)26-12-5-10-22-16-19(11-13-25-22)14-18-6-2-1-3-7-18/h1-4,6-9,15,19,22,25H,5,10-14,16H2,(H,26,27). The molecular weight excluding hydrogens is 334 g/mol. The van der Waals surface area contributed by atoms with E-state index in [1.54, 1.807) is 24.3 Å². The molecule has 1 aliphatic heterocycles. The number of benzene rings is 2. The van der Waals surface area contributed by atoms with Crippen LogP contribution in [0.15, 0.2) is 54.6 Å². The summed E-state index contributed by atoms with van der Waals surface area (Å²) >= 11 is 0. The summed E-state index contributed by atoms with van der Waals surface area (Å²) in [5, 5.41) is 15.5. The first-order valence-corrected chi connectivity index (χ1v) is 9.80. The Morgan fingerprint density at radius 1 is 1.19 bits per heavy atom. The Hall–Kier alpha value is -2.64. The van der Waals surface area contributed by atoms with E-state index in [2.05, 4.69) is 47.0 Å². The van der Waals surface area contributed by atoms with E-state index >= 15 is 0 Å². The van der Waals surface area contributed by atoms with Crippen LogP contribution in [0.3, 0.4) is 0 Å². The lowest BCUT2D eigenvalue weighted by Crippen LogP contribution is -2.39. The van der Waals surface area contributed by atoms with E-state index in [0.717, 1.165) is 31.7 Å². The van der Waals surface area contributed by atoms with Crippen LogP contribution in [0.2, 0.25) is 0 Å². The molecule has 1 saturated heterocycles. The smallest absolute Gasteiger partial charge is 0.251 e. The fourth-order valence-electron chi connectivity index (χ4n) is 3.83. The predicted molar refractivity (Wildman–Crippen MR) is 107 cm³/mol. The van der Waals surface area contributed by atoms with Crippen LogP contribution in [0.4, 0.5) is 0 Å². The maximum absolute atomic E-state index is 12.2. The molecule has 2 aromatic carbocycles. The number of nitrogens with zero attached hydrogens (tertiary/aromatic N) is 1. The van der Waals surface area contributed by atoms with E-state index < -0.39 is 0 Å². The Kier molecular flexibility index (Phi) is 7.01. The van der Waals surface area contributed by atoms with E-state index in [4.69, 9.17) is 5.26 Å². The van der Waals surface area contributed by atoms with Gasteiger partial charge >= 0.3 is 0 Å². The van der Waals surface area contributed by atoms with E-state index in [9.17, 15) is 4.79 Å². The van der Waals surface area contributed by atoms with Crippen LogP contribution in [-0.4, -0.2) is 25.0 Å². The van der Waals surface area contributed by atoms with Gasteiger partial charge in [-0.3, -0.25) is 4.79 Å². The molecule has 0 saturated carbocycles. The van der Waals surface area contributed by atoms with Gasteiger partial charge in [0, 0.05) is 18.2 Å². The Balaban J connectivity index is 1.38. The molecule has 27 heavy (non-hydrogen) atoms. The van der Waals surface area contributed by atoms with Crippen molar-refractivity contribution in [1.82, 2.24) is 10.6 Å². The van der Waals surface area contributed by atoms with Gasteiger partial charge in [-0.1, -0.05) is 36.4 Å². The van der Waals surface area contributed by atoms with Crippen molar-refractivity contribution in [2.45, 2.75) is 38.1 Å². The Bertz CT molecular complexity index is 782. The average molecular weight is 361 g/mol. The van der Waals surface area contributed by atoms with Crippen LogP contribution in [0.25, 0.3) is 0 Å². The van der Waals surface area contributed by atoms with Gasteiger partial charge in [-0.2, -0.15) is 5.26 Å². The minimum absolute atomic E-state index is 0.106. The summed E-state index contributed by atoms with van der Waals surface area (Å²) in [5.74, 6) is 0.632. The summed E-state index contributed by atoms with van der Waals surface area (Å²) < 4.78 is 0. The van der Waals surface area contributed by atoms with Crippen LogP contribution in [0, 0.1) is 17.2 Å². The SMILES string of the molecule is N#Cc1cccc(C(=O)NCCCC2CC(Cc3ccccc3)CCN2)c1. The van der Waals surface area contributed by atoms with Gasteiger partial charge in [0.1, 0.15) is 0 Å². The molecule has 4 heteroatoms. The summed E-state index contributed by atoms with van der Waals surface area (Å²) in [6.45, 7) is 1.74. The first-order valence-electron chi connectivity index (χ1n) is 9.80. The van der Waals surface area contributed by atoms with Crippen LogP contribution < -0.4 is 10.6 Å². The van der Waals surface area contributed by atoms with Crippen molar-refractivity contribution in [2.75, 3.05) is 13.1 Å². The zero-order valence-electron chi connectivity index (χ0n) is 15.7. The predicted octanol–water partition coefficient (Wildman–Crippen LogP) is 3.68. The molecule has 1 fully saturated rings. The maximum atomic E-state index is 12.2. The number of nitrogens with one attached hydrogen (secondary N) is 2. The molecule has 1 amide bonds. The molecule has 3 rings (SSSR count).